The number of hydrogen-bond donors (Lipinski definition) is 0. The van der Waals surface area contributed by atoms with Crippen molar-refractivity contribution in [2.75, 3.05) is 6.01 Å². The number of nitrogens with zero attached hydrogens (tertiary/aromatic N) is 1. The maximum absolute atomic E-state index is 11.1. The molecule has 0 saturated carbocycles. The third-order valence-electron chi connectivity index (χ3n) is 0.298. The molecule has 0 N–H and O–H groups in total. The van der Waals surface area contributed by atoms with Crippen LogP contribution in [0.25, 0.3) is 0 Å². The summed E-state index contributed by atoms with van der Waals surface area (Å²) >= 11 is 0. The maximum atomic E-state index is 11.1. The highest BCUT2D eigenvalue weighted by molar-refractivity contribution is 7.86. The lowest BCUT2D eigenvalue weighted by Crippen LogP contribution is -2.02. The molecule has 0 aromatic rings. The lowest BCUT2D eigenvalue weighted by Gasteiger charge is -1.86. The van der Waals surface area contributed by atoms with Crippen molar-refractivity contribution in [3.8, 4) is 6.26 Å². The second kappa shape index (κ2) is 2.47. The van der Waals surface area contributed by atoms with Crippen LogP contribution in [0.4, 0.5) is 4.39 Å². The minimum atomic E-state index is -4.20. The van der Waals surface area contributed by atoms with Gasteiger partial charge in [0.1, 0.15) is 0 Å². The van der Waals surface area contributed by atoms with Gasteiger partial charge in [-0.1, -0.05) is 0 Å². The topological polar surface area (TPSA) is 67.2 Å². The average Bonchev–Trinajstić information content (AvgIpc) is 1.67. The van der Waals surface area contributed by atoms with E-state index in [1.165, 1.54) is 0 Å². The summed E-state index contributed by atoms with van der Waals surface area (Å²) in [7, 11) is -4.20. The SMILES string of the molecule is N#COS(=O)(=O)CF. The minimum absolute atomic E-state index is 0.831. The minimum Gasteiger partial charge on any atom is -0.300 e. The zero-order chi connectivity index (χ0) is 6.62. The van der Waals surface area contributed by atoms with Gasteiger partial charge in [-0.15, -0.1) is 5.26 Å². The van der Waals surface area contributed by atoms with Crippen molar-refractivity contribution in [3.63, 3.8) is 0 Å². The highest BCUT2D eigenvalue weighted by Crippen LogP contribution is 1.89. The van der Waals surface area contributed by atoms with Crippen molar-refractivity contribution >= 4 is 10.1 Å². The van der Waals surface area contributed by atoms with Crippen LogP contribution < -0.4 is 0 Å². The molecule has 6 heteroatoms. The van der Waals surface area contributed by atoms with E-state index in [-0.39, 0.29) is 0 Å². The van der Waals surface area contributed by atoms with Crippen molar-refractivity contribution in [3.05, 3.63) is 0 Å². The molecule has 0 radical (unpaired) electrons. The van der Waals surface area contributed by atoms with Crippen LogP contribution in [-0.4, -0.2) is 14.4 Å². The quantitative estimate of drug-likeness (QED) is 0.390. The van der Waals surface area contributed by atoms with Gasteiger partial charge in [-0.3, -0.25) is 0 Å². The van der Waals surface area contributed by atoms with Crippen LogP contribution in [0.15, 0.2) is 0 Å². The van der Waals surface area contributed by atoms with Gasteiger partial charge in [0.15, 0.2) is 0 Å². The summed E-state index contributed by atoms with van der Waals surface area (Å²) < 4.78 is 33.9. The van der Waals surface area contributed by atoms with Crippen LogP contribution in [0.1, 0.15) is 0 Å². The second-order valence-electron chi connectivity index (χ2n) is 0.841. The van der Waals surface area contributed by atoms with Crippen LogP contribution in [0.2, 0.25) is 0 Å². The van der Waals surface area contributed by atoms with Crippen LogP contribution in [0, 0.1) is 11.5 Å². The van der Waals surface area contributed by atoms with Gasteiger partial charge >= 0.3 is 16.4 Å². The highest BCUT2D eigenvalue weighted by Gasteiger charge is 2.07. The summed E-state index contributed by atoms with van der Waals surface area (Å²) in [5, 5.41) is 7.51. The molecule has 0 amide bonds. The summed E-state index contributed by atoms with van der Waals surface area (Å²) in [4.78, 5) is 0. The van der Waals surface area contributed by atoms with E-state index in [1.807, 2.05) is 0 Å². The fourth-order valence-corrected chi connectivity index (χ4v) is 0.237. The molecule has 0 fully saturated rings. The van der Waals surface area contributed by atoms with Crippen LogP contribution in [0.5, 0.6) is 0 Å². The second-order valence-corrected chi connectivity index (χ2v) is 2.34. The fraction of sp³-hybridized carbons (Fsp3) is 0.500. The van der Waals surface area contributed by atoms with Crippen molar-refractivity contribution < 1.29 is 17.0 Å². The summed E-state index contributed by atoms with van der Waals surface area (Å²) in [6.45, 7) is 0. The lowest BCUT2D eigenvalue weighted by atomic mass is 11.6. The van der Waals surface area contributed by atoms with Crippen LogP contribution >= 0.6 is 0 Å². The molecular weight excluding hydrogens is 137 g/mol. The molecule has 0 aromatic carbocycles. The number of halogens is 1. The van der Waals surface area contributed by atoms with E-state index >= 15 is 0 Å². The zero-order valence-electron chi connectivity index (χ0n) is 3.67. The van der Waals surface area contributed by atoms with Crippen molar-refractivity contribution in [1.29, 1.82) is 5.26 Å². The molecule has 0 saturated heterocycles. The Morgan fingerprint density at radius 3 is 2.38 bits per heavy atom. The van der Waals surface area contributed by atoms with Crippen LogP contribution in [0.3, 0.4) is 0 Å². The Morgan fingerprint density at radius 2 is 2.25 bits per heavy atom. The van der Waals surface area contributed by atoms with E-state index in [9.17, 15) is 12.8 Å². The first-order chi connectivity index (χ1) is 3.62. The first-order valence-electron chi connectivity index (χ1n) is 1.48. The standard InChI is InChI=1S/C2H2FNO3S/c3-1-8(5,6)7-2-4/h1H2. The van der Waals surface area contributed by atoms with Crippen LogP contribution in [-0.2, 0) is 14.3 Å². The van der Waals surface area contributed by atoms with Gasteiger partial charge in [-0.25, -0.2) is 4.39 Å². The Bertz CT molecular complexity index is 190. The molecule has 4 nitrogen and oxygen atoms in total. The predicted molar refractivity (Wildman–Crippen MR) is 21.6 cm³/mol. The average molecular weight is 139 g/mol. The molecule has 0 spiro atoms. The number of nitriles is 1. The normalized spacial score (nSPS) is 10.0. The first-order valence-corrected chi connectivity index (χ1v) is 3.06. The highest BCUT2D eigenvalue weighted by atomic mass is 32.2. The van der Waals surface area contributed by atoms with E-state index < -0.39 is 16.1 Å². The zero-order valence-corrected chi connectivity index (χ0v) is 4.48. The third kappa shape index (κ3) is 2.36. The van der Waals surface area contributed by atoms with E-state index in [0.29, 0.717) is 0 Å². The molecule has 0 aliphatic rings. The Hall–Kier alpha value is -0.830. The van der Waals surface area contributed by atoms with Crippen molar-refractivity contribution in [2.45, 2.75) is 0 Å². The van der Waals surface area contributed by atoms with E-state index in [0.717, 1.165) is 6.26 Å². The van der Waals surface area contributed by atoms with E-state index in [1.54, 1.807) is 0 Å². The van der Waals surface area contributed by atoms with Gasteiger partial charge in [0.2, 0.25) is 6.01 Å². The molecule has 0 bridgehead atoms. The number of rotatable bonds is 2. The van der Waals surface area contributed by atoms with E-state index in [2.05, 4.69) is 4.18 Å². The molecule has 46 valence electrons. The summed E-state index contributed by atoms with van der Waals surface area (Å²) in [6, 6.07) is -1.67. The van der Waals surface area contributed by atoms with Gasteiger partial charge in [0.25, 0.3) is 0 Å². The molecular formula is C2H2FNO3S. The van der Waals surface area contributed by atoms with E-state index in [4.69, 9.17) is 5.26 Å². The molecule has 0 unspecified atom stereocenters. The Kier molecular flexibility index (Phi) is 2.21. The summed E-state index contributed by atoms with van der Waals surface area (Å²) in [6.07, 6.45) is 0.831. The summed E-state index contributed by atoms with van der Waals surface area (Å²) in [5.41, 5.74) is 0. The summed E-state index contributed by atoms with van der Waals surface area (Å²) in [5.74, 6) is 0. The Labute approximate surface area is 45.6 Å². The van der Waals surface area contributed by atoms with Gasteiger partial charge in [0.05, 0.1) is 0 Å². The van der Waals surface area contributed by atoms with Gasteiger partial charge in [-0.2, -0.15) is 8.42 Å². The molecule has 0 atom stereocenters. The number of hydrogen-bond acceptors (Lipinski definition) is 4. The third-order valence-corrected chi connectivity index (χ3v) is 0.894. The lowest BCUT2D eigenvalue weighted by molar-refractivity contribution is 0.429. The van der Waals surface area contributed by atoms with Crippen molar-refractivity contribution in [1.82, 2.24) is 0 Å². The largest absolute Gasteiger partial charge is 0.348 e. The molecule has 0 heterocycles. The fourth-order valence-electron chi connectivity index (χ4n) is 0.0791. The predicted octanol–water partition coefficient (Wildman–Crippen LogP) is -0.259. The molecule has 0 rings (SSSR count). The smallest absolute Gasteiger partial charge is 0.300 e. The van der Waals surface area contributed by atoms with Gasteiger partial charge in [0, 0.05) is 0 Å². The monoisotopic (exact) mass is 139 g/mol. The van der Waals surface area contributed by atoms with Gasteiger partial charge < -0.3 is 4.18 Å². The van der Waals surface area contributed by atoms with Crippen molar-refractivity contribution in [2.24, 2.45) is 0 Å². The molecule has 0 aliphatic carbocycles. The molecule has 0 aromatic heterocycles. The molecule has 0 aliphatic heterocycles. The number of alkyl halides is 1. The Morgan fingerprint density at radius 1 is 1.75 bits per heavy atom. The molecule has 8 heavy (non-hydrogen) atoms. The van der Waals surface area contributed by atoms with Gasteiger partial charge in [-0.05, 0) is 0 Å². The maximum Gasteiger partial charge on any atom is 0.348 e. The first kappa shape index (κ1) is 7.17. The Balaban J connectivity index is 4.01.